The number of carbonyl (C=O) groups is 1. The van der Waals surface area contributed by atoms with Crippen LogP contribution in [0.25, 0.3) is 0 Å². The summed E-state index contributed by atoms with van der Waals surface area (Å²) in [6, 6.07) is 0. The third-order valence-electron chi connectivity index (χ3n) is 2.58. The standard InChI is InChI=1S/C13H21NO2/c1-5-7-11-8-6-9-14(10-11)12(15)16-13(2,3)4/h1,11H,6-10H2,2-4H3. The molecule has 0 aliphatic carbocycles. The van der Waals surface area contributed by atoms with Gasteiger partial charge in [-0.25, -0.2) is 4.79 Å². The van der Waals surface area contributed by atoms with E-state index < -0.39 is 5.60 Å². The van der Waals surface area contributed by atoms with E-state index in [1.807, 2.05) is 20.8 Å². The molecular formula is C13H21NO2. The summed E-state index contributed by atoms with van der Waals surface area (Å²) in [5.74, 6) is 3.10. The minimum absolute atomic E-state index is 0.214. The van der Waals surface area contributed by atoms with Crippen molar-refractivity contribution in [3.05, 3.63) is 0 Å². The van der Waals surface area contributed by atoms with Crippen molar-refractivity contribution in [1.29, 1.82) is 0 Å². The topological polar surface area (TPSA) is 29.5 Å². The fourth-order valence-corrected chi connectivity index (χ4v) is 1.89. The van der Waals surface area contributed by atoms with Crippen molar-refractivity contribution in [3.8, 4) is 12.3 Å². The minimum atomic E-state index is -0.420. The van der Waals surface area contributed by atoms with Gasteiger partial charge in [-0.1, -0.05) is 0 Å². The number of amides is 1. The minimum Gasteiger partial charge on any atom is -0.444 e. The number of ether oxygens (including phenoxy) is 1. The van der Waals surface area contributed by atoms with Crippen molar-refractivity contribution in [1.82, 2.24) is 4.90 Å². The highest BCUT2D eigenvalue weighted by molar-refractivity contribution is 5.68. The van der Waals surface area contributed by atoms with Crippen LogP contribution in [0, 0.1) is 18.3 Å². The van der Waals surface area contributed by atoms with Gasteiger partial charge in [-0.3, -0.25) is 0 Å². The normalized spacial score (nSPS) is 21.4. The van der Waals surface area contributed by atoms with Crippen LogP contribution in [0.15, 0.2) is 0 Å². The second kappa shape index (κ2) is 5.25. The van der Waals surface area contributed by atoms with E-state index in [4.69, 9.17) is 11.2 Å². The Morgan fingerprint density at radius 2 is 2.25 bits per heavy atom. The van der Waals surface area contributed by atoms with Crippen LogP contribution in [-0.4, -0.2) is 29.7 Å². The van der Waals surface area contributed by atoms with Crippen LogP contribution in [0.3, 0.4) is 0 Å². The summed E-state index contributed by atoms with van der Waals surface area (Å²) in [6.45, 7) is 7.17. The third kappa shape index (κ3) is 4.14. The molecule has 1 atom stereocenters. The smallest absolute Gasteiger partial charge is 0.410 e. The van der Waals surface area contributed by atoms with Crippen LogP contribution < -0.4 is 0 Å². The Labute approximate surface area is 98.1 Å². The highest BCUT2D eigenvalue weighted by Gasteiger charge is 2.26. The van der Waals surface area contributed by atoms with Crippen LogP contribution >= 0.6 is 0 Å². The molecule has 0 N–H and O–H groups in total. The zero-order valence-electron chi connectivity index (χ0n) is 10.5. The molecule has 1 saturated heterocycles. The summed E-state index contributed by atoms with van der Waals surface area (Å²) < 4.78 is 5.34. The van der Waals surface area contributed by atoms with Crippen molar-refractivity contribution in [2.24, 2.45) is 5.92 Å². The van der Waals surface area contributed by atoms with Gasteiger partial charge in [0.05, 0.1) is 0 Å². The van der Waals surface area contributed by atoms with E-state index >= 15 is 0 Å². The molecule has 0 spiro atoms. The molecule has 0 bridgehead atoms. The molecule has 0 radical (unpaired) electrons. The third-order valence-corrected chi connectivity index (χ3v) is 2.58. The lowest BCUT2D eigenvalue weighted by molar-refractivity contribution is 0.0168. The monoisotopic (exact) mass is 223 g/mol. The average molecular weight is 223 g/mol. The summed E-state index contributed by atoms with van der Waals surface area (Å²) in [6.07, 6.45) is 7.97. The first-order chi connectivity index (χ1) is 7.42. The lowest BCUT2D eigenvalue weighted by Crippen LogP contribution is -2.42. The molecule has 0 aromatic carbocycles. The Morgan fingerprint density at radius 1 is 1.56 bits per heavy atom. The quantitative estimate of drug-likeness (QED) is 0.640. The molecule has 1 aliphatic heterocycles. The van der Waals surface area contributed by atoms with Crippen LogP contribution in [-0.2, 0) is 4.74 Å². The van der Waals surface area contributed by atoms with Crippen molar-refractivity contribution in [2.75, 3.05) is 13.1 Å². The Morgan fingerprint density at radius 3 is 2.81 bits per heavy atom. The van der Waals surface area contributed by atoms with Crippen molar-refractivity contribution in [3.63, 3.8) is 0 Å². The molecule has 1 fully saturated rings. The fourth-order valence-electron chi connectivity index (χ4n) is 1.89. The van der Waals surface area contributed by atoms with E-state index in [0.29, 0.717) is 5.92 Å². The molecule has 1 rings (SSSR count). The highest BCUT2D eigenvalue weighted by Crippen LogP contribution is 2.21. The van der Waals surface area contributed by atoms with Gasteiger partial charge >= 0.3 is 6.09 Å². The van der Waals surface area contributed by atoms with Gasteiger partial charge in [0.15, 0.2) is 0 Å². The molecule has 0 aromatic rings. The second-order valence-electron chi connectivity index (χ2n) is 5.34. The van der Waals surface area contributed by atoms with E-state index in [-0.39, 0.29) is 6.09 Å². The molecule has 90 valence electrons. The largest absolute Gasteiger partial charge is 0.444 e. The van der Waals surface area contributed by atoms with E-state index in [2.05, 4.69) is 5.92 Å². The number of rotatable bonds is 1. The number of nitrogens with zero attached hydrogens (tertiary/aromatic N) is 1. The maximum Gasteiger partial charge on any atom is 0.410 e. The Balaban J connectivity index is 2.48. The summed E-state index contributed by atoms with van der Waals surface area (Å²) in [7, 11) is 0. The molecule has 0 saturated carbocycles. The predicted octanol–water partition coefficient (Wildman–Crippen LogP) is 2.66. The Kier molecular flexibility index (Phi) is 4.23. The maximum atomic E-state index is 11.8. The molecule has 1 heterocycles. The molecule has 1 unspecified atom stereocenters. The molecule has 0 aromatic heterocycles. The number of hydrogen-bond acceptors (Lipinski definition) is 2. The second-order valence-corrected chi connectivity index (χ2v) is 5.34. The van der Waals surface area contributed by atoms with E-state index in [0.717, 1.165) is 32.4 Å². The average Bonchev–Trinajstić information content (AvgIpc) is 2.16. The van der Waals surface area contributed by atoms with Gasteiger partial charge in [0, 0.05) is 19.5 Å². The summed E-state index contributed by atoms with van der Waals surface area (Å²) in [4.78, 5) is 13.6. The predicted molar refractivity (Wildman–Crippen MR) is 64.0 cm³/mol. The Bertz CT molecular complexity index is 285. The highest BCUT2D eigenvalue weighted by atomic mass is 16.6. The van der Waals surface area contributed by atoms with Gasteiger partial charge in [-0.05, 0) is 39.5 Å². The van der Waals surface area contributed by atoms with Crippen LogP contribution in [0.1, 0.15) is 40.0 Å². The number of piperidine rings is 1. The number of likely N-dealkylation sites (tertiary alicyclic amines) is 1. The molecule has 1 amide bonds. The van der Waals surface area contributed by atoms with E-state index in [9.17, 15) is 4.79 Å². The fraction of sp³-hybridized carbons (Fsp3) is 0.769. The van der Waals surface area contributed by atoms with Gasteiger partial charge in [0.2, 0.25) is 0 Å². The lowest BCUT2D eigenvalue weighted by atomic mass is 9.95. The molecule has 16 heavy (non-hydrogen) atoms. The van der Waals surface area contributed by atoms with Crippen LogP contribution in [0.5, 0.6) is 0 Å². The molecule has 1 aliphatic rings. The Hall–Kier alpha value is -1.17. The van der Waals surface area contributed by atoms with Crippen LogP contribution in [0.2, 0.25) is 0 Å². The lowest BCUT2D eigenvalue weighted by Gasteiger charge is -2.33. The molecule has 3 heteroatoms. The van der Waals surface area contributed by atoms with E-state index in [1.165, 1.54) is 0 Å². The van der Waals surface area contributed by atoms with Crippen molar-refractivity contribution in [2.45, 2.75) is 45.6 Å². The first-order valence-electron chi connectivity index (χ1n) is 5.84. The summed E-state index contributed by atoms with van der Waals surface area (Å²) in [5, 5.41) is 0. The van der Waals surface area contributed by atoms with Gasteiger partial charge in [-0.15, -0.1) is 12.3 Å². The summed E-state index contributed by atoms with van der Waals surface area (Å²) >= 11 is 0. The number of carbonyl (C=O) groups excluding carboxylic acids is 1. The zero-order chi connectivity index (χ0) is 12.2. The van der Waals surface area contributed by atoms with Crippen LogP contribution in [0.4, 0.5) is 4.79 Å². The van der Waals surface area contributed by atoms with Crippen molar-refractivity contribution >= 4 is 6.09 Å². The number of terminal acetylenes is 1. The SMILES string of the molecule is C#CCC1CCCN(C(=O)OC(C)(C)C)C1. The molecule has 3 nitrogen and oxygen atoms in total. The van der Waals surface area contributed by atoms with Gasteiger partial charge in [0.25, 0.3) is 0 Å². The first kappa shape index (κ1) is 12.9. The zero-order valence-corrected chi connectivity index (χ0v) is 10.5. The van der Waals surface area contributed by atoms with Gasteiger partial charge in [0.1, 0.15) is 5.60 Å². The first-order valence-corrected chi connectivity index (χ1v) is 5.84. The van der Waals surface area contributed by atoms with Crippen molar-refractivity contribution < 1.29 is 9.53 Å². The summed E-state index contributed by atoms with van der Waals surface area (Å²) in [5.41, 5.74) is -0.420. The number of hydrogen-bond donors (Lipinski definition) is 0. The van der Waals surface area contributed by atoms with Gasteiger partial charge in [-0.2, -0.15) is 0 Å². The maximum absolute atomic E-state index is 11.8. The van der Waals surface area contributed by atoms with E-state index in [1.54, 1.807) is 4.90 Å². The van der Waals surface area contributed by atoms with Gasteiger partial charge < -0.3 is 9.64 Å². The molecular weight excluding hydrogens is 202 g/mol.